The zero-order chi connectivity index (χ0) is 32.9. The molecule has 1 saturated carbocycles. The number of aliphatic hydroxyl groups excluding tert-OH is 6. The van der Waals surface area contributed by atoms with Gasteiger partial charge in [0.1, 0.15) is 13.2 Å². The molecule has 0 aromatic carbocycles. The number of hydrogen-bond donors (Lipinski definition) is 6. The highest BCUT2D eigenvalue weighted by Gasteiger charge is 2.41. The van der Waals surface area contributed by atoms with Gasteiger partial charge in [-0.15, -0.1) is 0 Å². The standard InChI is InChI=1S/C12H18N2O2.2C8H14O5/c1-11(2)4-10(14-9-16)5-12(3,6-11)7-13-8-15;2*1-2-7(12)13-6-8(3-9,4-10)5-11/h10H,4-7H2,1-3H3;2*2,9-11H,1,3-6H2. The van der Waals surface area contributed by atoms with E-state index in [1.165, 1.54) is 0 Å². The Morgan fingerprint density at radius 2 is 1.21 bits per heavy atom. The lowest BCUT2D eigenvalue weighted by Gasteiger charge is -2.44. The largest absolute Gasteiger partial charge is 0.462 e. The molecule has 0 radical (unpaired) electrons. The van der Waals surface area contributed by atoms with Crippen molar-refractivity contribution in [2.24, 2.45) is 31.6 Å². The molecule has 0 aromatic rings. The first-order valence-electron chi connectivity index (χ1n) is 13.0. The Hall–Kier alpha value is -3.06. The number of nitrogens with zero attached hydrogens (tertiary/aromatic N) is 2. The van der Waals surface area contributed by atoms with Crippen LogP contribution in [0.4, 0.5) is 0 Å². The molecule has 0 saturated heterocycles. The fourth-order valence-corrected chi connectivity index (χ4v) is 4.23. The van der Waals surface area contributed by atoms with E-state index < -0.39 is 62.4 Å². The van der Waals surface area contributed by atoms with E-state index in [2.05, 4.69) is 53.4 Å². The average Bonchev–Trinajstić information content (AvgIpc) is 2.97. The highest BCUT2D eigenvalue weighted by molar-refractivity contribution is 5.81. The highest BCUT2D eigenvalue weighted by Crippen LogP contribution is 2.47. The third kappa shape index (κ3) is 15.8. The van der Waals surface area contributed by atoms with Gasteiger partial charge in [-0.3, -0.25) is 0 Å². The molecule has 14 nitrogen and oxygen atoms in total. The van der Waals surface area contributed by atoms with Crippen LogP contribution < -0.4 is 0 Å². The van der Waals surface area contributed by atoms with Gasteiger partial charge < -0.3 is 40.1 Å². The lowest BCUT2D eigenvalue weighted by atomic mass is 9.63. The summed E-state index contributed by atoms with van der Waals surface area (Å²) in [5, 5.41) is 52.9. The van der Waals surface area contributed by atoms with Crippen molar-refractivity contribution in [1.29, 1.82) is 0 Å². The molecule has 240 valence electrons. The second kappa shape index (κ2) is 20.8. The molecule has 2 atom stereocenters. The van der Waals surface area contributed by atoms with Gasteiger partial charge >= 0.3 is 11.9 Å². The highest BCUT2D eigenvalue weighted by atomic mass is 16.5. The third-order valence-corrected chi connectivity index (χ3v) is 6.57. The number of hydrogen-bond acceptors (Lipinski definition) is 14. The summed E-state index contributed by atoms with van der Waals surface area (Å²) >= 11 is 0. The van der Waals surface area contributed by atoms with Gasteiger partial charge in [0.15, 0.2) is 0 Å². The molecule has 0 aromatic heterocycles. The Morgan fingerprint density at radius 1 is 0.810 bits per heavy atom. The summed E-state index contributed by atoms with van der Waals surface area (Å²) in [5.74, 6) is -1.31. The number of esters is 2. The van der Waals surface area contributed by atoms with Gasteiger partial charge in [0.2, 0.25) is 12.2 Å². The second-order valence-corrected chi connectivity index (χ2v) is 11.4. The van der Waals surface area contributed by atoms with Crippen LogP contribution in [-0.2, 0) is 28.7 Å². The minimum atomic E-state index is -1.17. The Balaban J connectivity index is 0. The number of aliphatic imine (C=N–C) groups is 2. The molecule has 1 rings (SSSR count). The van der Waals surface area contributed by atoms with Crippen molar-refractivity contribution in [3.05, 3.63) is 25.3 Å². The molecule has 14 heteroatoms. The molecule has 0 aliphatic heterocycles. The number of carbonyl (C=O) groups excluding carboxylic acids is 4. The minimum Gasteiger partial charge on any atom is -0.462 e. The molecule has 2 unspecified atom stereocenters. The summed E-state index contributed by atoms with van der Waals surface area (Å²) in [5.41, 5.74) is -2.28. The summed E-state index contributed by atoms with van der Waals surface area (Å²) in [6.45, 7) is 10.0. The van der Waals surface area contributed by atoms with Gasteiger partial charge in [-0.2, -0.15) is 0 Å². The van der Waals surface area contributed by atoms with Crippen LogP contribution in [0.3, 0.4) is 0 Å². The molecule has 0 bridgehead atoms. The van der Waals surface area contributed by atoms with Gasteiger partial charge in [-0.25, -0.2) is 29.2 Å². The fourth-order valence-electron chi connectivity index (χ4n) is 4.23. The van der Waals surface area contributed by atoms with Crippen LogP contribution in [0.2, 0.25) is 0 Å². The molecule has 0 amide bonds. The molecule has 1 aliphatic carbocycles. The number of rotatable bonds is 15. The first kappa shape index (κ1) is 41.1. The minimum absolute atomic E-state index is 0.00750. The van der Waals surface area contributed by atoms with E-state index in [0.29, 0.717) is 6.54 Å². The second-order valence-electron chi connectivity index (χ2n) is 11.4. The van der Waals surface area contributed by atoms with Crippen molar-refractivity contribution in [3.63, 3.8) is 0 Å². The topological polar surface area (TPSA) is 233 Å². The van der Waals surface area contributed by atoms with Crippen LogP contribution in [-0.4, -0.2) is 120 Å². The van der Waals surface area contributed by atoms with E-state index in [-0.39, 0.29) is 30.1 Å². The van der Waals surface area contributed by atoms with E-state index in [1.807, 2.05) is 0 Å². The van der Waals surface area contributed by atoms with Crippen LogP contribution in [0.1, 0.15) is 40.0 Å². The molecule has 0 heterocycles. The predicted molar refractivity (Wildman–Crippen MR) is 150 cm³/mol. The summed E-state index contributed by atoms with van der Waals surface area (Å²) in [6.07, 6.45) is 7.82. The van der Waals surface area contributed by atoms with Crippen LogP contribution in [0.15, 0.2) is 35.3 Å². The van der Waals surface area contributed by atoms with Crippen molar-refractivity contribution in [1.82, 2.24) is 0 Å². The van der Waals surface area contributed by atoms with Crippen LogP contribution >= 0.6 is 0 Å². The quantitative estimate of drug-likeness (QED) is 0.0608. The number of carbonyl (C=O) groups is 2. The average molecular weight is 603 g/mol. The Kier molecular flexibility index (Phi) is 20.3. The molecule has 6 N–H and O–H groups in total. The summed E-state index contributed by atoms with van der Waals surface area (Å²) in [7, 11) is 0. The normalized spacial score (nSPS) is 19.1. The van der Waals surface area contributed by atoms with Crippen molar-refractivity contribution in [2.75, 3.05) is 59.4 Å². The summed E-state index contributed by atoms with van der Waals surface area (Å²) in [4.78, 5) is 49.3. The smallest absolute Gasteiger partial charge is 0.330 e. The SMILES string of the molecule is C=CC(=O)OCC(CO)(CO)CO.C=CC(=O)OCC(CO)(CO)CO.CC1(C)CC(N=C=O)CC(C)(CN=C=O)C1. The monoisotopic (exact) mass is 602 g/mol. The Bertz CT molecular complexity index is 877. The van der Waals surface area contributed by atoms with E-state index in [0.717, 1.165) is 31.4 Å². The van der Waals surface area contributed by atoms with Gasteiger partial charge in [0.05, 0.1) is 63.1 Å². The molecule has 42 heavy (non-hydrogen) atoms. The van der Waals surface area contributed by atoms with Gasteiger partial charge in [0.25, 0.3) is 0 Å². The lowest BCUT2D eigenvalue weighted by Crippen LogP contribution is -2.39. The van der Waals surface area contributed by atoms with E-state index in [1.54, 1.807) is 12.2 Å². The van der Waals surface area contributed by atoms with Crippen molar-refractivity contribution >= 4 is 24.1 Å². The zero-order valence-electron chi connectivity index (χ0n) is 24.7. The van der Waals surface area contributed by atoms with E-state index in [4.69, 9.17) is 30.6 Å². The van der Waals surface area contributed by atoms with E-state index in [9.17, 15) is 19.2 Å². The van der Waals surface area contributed by atoms with Crippen molar-refractivity contribution < 1.29 is 59.3 Å². The van der Waals surface area contributed by atoms with Gasteiger partial charge in [-0.1, -0.05) is 33.9 Å². The number of aliphatic hydroxyl groups is 6. The lowest BCUT2D eigenvalue weighted by molar-refractivity contribution is -0.146. The maximum absolute atomic E-state index is 10.6. The van der Waals surface area contributed by atoms with Crippen LogP contribution in [0.25, 0.3) is 0 Å². The molecular weight excluding hydrogens is 556 g/mol. The molecular formula is C28H46N2O12. The summed E-state index contributed by atoms with van der Waals surface area (Å²) in [6, 6.07) is 0.00750. The van der Waals surface area contributed by atoms with Crippen molar-refractivity contribution in [2.45, 2.75) is 46.1 Å². The van der Waals surface area contributed by atoms with Gasteiger partial charge in [-0.05, 0) is 30.1 Å². The number of ether oxygens (including phenoxy) is 2. The van der Waals surface area contributed by atoms with Crippen LogP contribution in [0, 0.1) is 21.7 Å². The van der Waals surface area contributed by atoms with E-state index >= 15 is 0 Å². The number of isocyanates is 2. The molecule has 0 spiro atoms. The molecule has 1 fully saturated rings. The first-order valence-corrected chi connectivity index (χ1v) is 13.0. The fraction of sp³-hybridized carbons (Fsp3) is 0.714. The Morgan fingerprint density at radius 3 is 1.52 bits per heavy atom. The Labute approximate surface area is 246 Å². The maximum atomic E-state index is 10.6. The first-order chi connectivity index (χ1) is 19.7. The van der Waals surface area contributed by atoms with Crippen LogP contribution in [0.5, 0.6) is 0 Å². The van der Waals surface area contributed by atoms with Gasteiger partial charge in [0, 0.05) is 12.2 Å². The summed E-state index contributed by atoms with van der Waals surface area (Å²) < 4.78 is 9.18. The zero-order valence-corrected chi connectivity index (χ0v) is 24.7. The van der Waals surface area contributed by atoms with Crippen molar-refractivity contribution in [3.8, 4) is 0 Å². The predicted octanol–water partition coefficient (Wildman–Crippen LogP) is -0.399. The molecule has 1 aliphatic rings. The maximum Gasteiger partial charge on any atom is 0.330 e. The third-order valence-electron chi connectivity index (χ3n) is 6.57.